The summed E-state index contributed by atoms with van der Waals surface area (Å²) in [7, 11) is 0. The third-order valence-corrected chi connectivity index (χ3v) is 4.22. The summed E-state index contributed by atoms with van der Waals surface area (Å²) in [5.41, 5.74) is 8.72. The van der Waals surface area contributed by atoms with Gasteiger partial charge in [-0.15, -0.1) is 0 Å². The van der Waals surface area contributed by atoms with Crippen molar-refractivity contribution in [3.8, 4) is 0 Å². The first kappa shape index (κ1) is 11.9. The van der Waals surface area contributed by atoms with E-state index in [1.54, 1.807) is 0 Å². The smallest absolute Gasteiger partial charge is 0.0444 e. The molecular formula is C14H20ClN. The van der Waals surface area contributed by atoms with E-state index in [-0.39, 0.29) is 5.41 Å². The molecule has 1 aromatic carbocycles. The Morgan fingerprint density at radius 2 is 1.94 bits per heavy atom. The second-order valence-corrected chi connectivity index (χ2v) is 5.44. The van der Waals surface area contributed by atoms with Crippen LogP contribution in [0.15, 0.2) is 18.2 Å². The third-order valence-electron chi connectivity index (χ3n) is 3.89. The summed E-state index contributed by atoms with van der Waals surface area (Å²) in [6, 6.07) is 6.30. The van der Waals surface area contributed by atoms with Gasteiger partial charge in [-0.05, 0) is 31.4 Å². The zero-order valence-corrected chi connectivity index (χ0v) is 10.7. The Balaban J connectivity index is 2.42. The molecule has 16 heavy (non-hydrogen) atoms. The third kappa shape index (κ3) is 2.11. The van der Waals surface area contributed by atoms with Crippen molar-refractivity contribution >= 4 is 11.6 Å². The number of benzene rings is 1. The van der Waals surface area contributed by atoms with Crippen molar-refractivity contribution in [2.75, 3.05) is 6.54 Å². The predicted molar refractivity (Wildman–Crippen MR) is 70.0 cm³/mol. The molecular weight excluding hydrogens is 218 g/mol. The Kier molecular flexibility index (Phi) is 3.56. The molecule has 1 nitrogen and oxygen atoms in total. The van der Waals surface area contributed by atoms with Crippen molar-refractivity contribution < 1.29 is 0 Å². The molecule has 2 rings (SSSR count). The van der Waals surface area contributed by atoms with Gasteiger partial charge in [-0.3, -0.25) is 0 Å². The van der Waals surface area contributed by atoms with Gasteiger partial charge in [0.1, 0.15) is 0 Å². The average molecular weight is 238 g/mol. The lowest BCUT2D eigenvalue weighted by Crippen LogP contribution is -2.37. The van der Waals surface area contributed by atoms with E-state index in [4.69, 9.17) is 17.3 Å². The highest BCUT2D eigenvalue weighted by Gasteiger charge is 2.34. The summed E-state index contributed by atoms with van der Waals surface area (Å²) in [6.07, 6.45) is 6.27. The summed E-state index contributed by atoms with van der Waals surface area (Å²) >= 11 is 6.34. The van der Waals surface area contributed by atoms with Gasteiger partial charge in [0.15, 0.2) is 0 Å². The highest BCUT2D eigenvalue weighted by molar-refractivity contribution is 6.31. The number of nitrogens with two attached hydrogens (primary N) is 1. The van der Waals surface area contributed by atoms with Gasteiger partial charge >= 0.3 is 0 Å². The number of hydrogen-bond donors (Lipinski definition) is 1. The van der Waals surface area contributed by atoms with Crippen LogP contribution in [0.2, 0.25) is 5.02 Å². The van der Waals surface area contributed by atoms with Gasteiger partial charge in [0.05, 0.1) is 0 Å². The van der Waals surface area contributed by atoms with Crippen molar-refractivity contribution in [1.82, 2.24) is 0 Å². The van der Waals surface area contributed by atoms with E-state index >= 15 is 0 Å². The van der Waals surface area contributed by atoms with E-state index in [0.29, 0.717) is 0 Å². The van der Waals surface area contributed by atoms with Crippen molar-refractivity contribution in [2.24, 2.45) is 5.73 Å². The van der Waals surface area contributed by atoms with E-state index in [1.165, 1.54) is 43.2 Å². The van der Waals surface area contributed by atoms with Crippen LogP contribution in [0.3, 0.4) is 0 Å². The van der Waals surface area contributed by atoms with Crippen LogP contribution in [0.1, 0.15) is 43.2 Å². The predicted octanol–water partition coefficient (Wildman–Crippen LogP) is 3.81. The zero-order valence-electron chi connectivity index (χ0n) is 9.93. The maximum absolute atomic E-state index is 6.34. The number of aryl methyl sites for hydroxylation is 1. The molecule has 0 amide bonds. The SMILES string of the molecule is Cc1ccc(Cl)c(C2(CN)CCCCC2)c1. The first-order chi connectivity index (χ1) is 7.68. The average Bonchev–Trinajstić information content (AvgIpc) is 2.33. The standard InChI is InChI=1S/C14H20ClN/c1-11-5-6-13(15)12(9-11)14(10-16)7-3-2-4-8-14/h5-6,9H,2-4,7-8,10,16H2,1H3. The highest BCUT2D eigenvalue weighted by Crippen LogP contribution is 2.41. The molecule has 0 radical (unpaired) electrons. The summed E-state index contributed by atoms with van der Waals surface area (Å²) in [5, 5.41) is 0.887. The van der Waals surface area contributed by atoms with Crippen LogP contribution in [0.5, 0.6) is 0 Å². The van der Waals surface area contributed by atoms with Crippen molar-refractivity contribution in [3.05, 3.63) is 34.3 Å². The van der Waals surface area contributed by atoms with Crippen molar-refractivity contribution in [3.63, 3.8) is 0 Å². The lowest BCUT2D eigenvalue weighted by atomic mass is 9.69. The molecule has 0 aromatic heterocycles. The Morgan fingerprint density at radius 3 is 2.56 bits per heavy atom. The van der Waals surface area contributed by atoms with Gasteiger partial charge in [0.25, 0.3) is 0 Å². The molecule has 2 N–H and O–H groups in total. The Labute approximate surface area is 103 Å². The van der Waals surface area contributed by atoms with E-state index < -0.39 is 0 Å². The molecule has 2 heteroatoms. The zero-order chi connectivity index (χ0) is 11.6. The summed E-state index contributed by atoms with van der Waals surface area (Å²) < 4.78 is 0. The van der Waals surface area contributed by atoms with E-state index in [0.717, 1.165) is 11.6 Å². The van der Waals surface area contributed by atoms with Crippen LogP contribution in [0.4, 0.5) is 0 Å². The van der Waals surface area contributed by atoms with Gasteiger partial charge in [-0.1, -0.05) is 48.6 Å². The van der Waals surface area contributed by atoms with Gasteiger partial charge in [-0.2, -0.15) is 0 Å². The second-order valence-electron chi connectivity index (χ2n) is 5.03. The summed E-state index contributed by atoms with van der Waals surface area (Å²) in [5.74, 6) is 0. The van der Waals surface area contributed by atoms with Gasteiger partial charge in [0, 0.05) is 17.0 Å². The summed E-state index contributed by atoms with van der Waals surface area (Å²) in [6.45, 7) is 2.84. The lowest BCUT2D eigenvalue weighted by molar-refractivity contribution is 0.301. The van der Waals surface area contributed by atoms with Crippen LogP contribution in [-0.4, -0.2) is 6.54 Å². The number of rotatable bonds is 2. The van der Waals surface area contributed by atoms with E-state index in [1.807, 2.05) is 6.07 Å². The normalized spacial score (nSPS) is 19.7. The van der Waals surface area contributed by atoms with Gasteiger partial charge in [0.2, 0.25) is 0 Å². The van der Waals surface area contributed by atoms with Crippen LogP contribution in [-0.2, 0) is 5.41 Å². The first-order valence-electron chi connectivity index (χ1n) is 6.15. The molecule has 0 heterocycles. The maximum Gasteiger partial charge on any atom is 0.0444 e. The minimum absolute atomic E-state index is 0.140. The second kappa shape index (κ2) is 4.77. The number of halogens is 1. The summed E-state index contributed by atoms with van der Waals surface area (Å²) in [4.78, 5) is 0. The van der Waals surface area contributed by atoms with Crippen LogP contribution in [0.25, 0.3) is 0 Å². The quantitative estimate of drug-likeness (QED) is 0.832. The fourth-order valence-electron chi connectivity index (χ4n) is 2.86. The minimum atomic E-state index is 0.140. The van der Waals surface area contributed by atoms with Gasteiger partial charge < -0.3 is 5.73 Å². The van der Waals surface area contributed by atoms with Gasteiger partial charge in [-0.25, -0.2) is 0 Å². The molecule has 0 saturated heterocycles. The lowest BCUT2D eigenvalue weighted by Gasteiger charge is -2.37. The molecule has 1 fully saturated rings. The molecule has 0 atom stereocenters. The number of hydrogen-bond acceptors (Lipinski definition) is 1. The largest absolute Gasteiger partial charge is 0.330 e. The molecule has 1 aromatic rings. The van der Waals surface area contributed by atoms with E-state index in [9.17, 15) is 0 Å². The van der Waals surface area contributed by atoms with Crippen LogP contribution in [0, 0.1) is 6.92 Å². The fraction of sp³-hybridized carbons (Fsp3) is 0.571. The Bertz CT molecular complexity index is 367. The molecule has 0 spiro atoms. The maximum atomic E-state index is 6.34. The van der Waals surface area contributed by atoms with Crippen molar-refractivity contribution in [1.29, 1.82) is 0 Å². The molecule has 0 aliphatic heterocycles. The first-order valence-corrected chi connectivity index (χ1v) is 6.52. The van der Waals surface area contributed by atoms with Crippen LogP contribution >= 0.6 is 11.6 Å². The highest BCUT2D eigenvalue weighted by atomic mass is 35.5. The Morgan fingerprint density at radius 1 is 1.25 bits per heavy atom. The Hall–Kier alpha value is -0.530. The monoisotopic (exact) mass is 237 g/mol. The fourth-order valence-corrected chi connectivity index (χ4v) is 3.18. The molecule has 1 aliphatic carbocycles. The topological polar surface area (TPSA) is 26.0 Å². The molecule has 1 aliphatic rings. The molecule has 0 bridgehead atoms. The minimum Gasteiger partial charge on any atom is -0.330 e. The molecule has 0 unspecified atom stereocenters. The van der Waals surface area contributed by atoms with Crippen LogP contribution < -0.4 is 5.73 Å². The molecule has 1 saturated carbocycles. The molecule has 88 valence electrons. The van der Waals surface area contributed by atoms with Crippen molar-refractivity contribution in [2.45, 2.75) is 44.4 Å². The van der Waals surface area contributed by atoms with E-state index in [2.05, 4.69) is 19.1 Å².